The van der Waals surface area contributed by atoms with E-state index in [2.05, 4.69) is 13.0 Å². The number of hydrogen-bond acceptors (Lipinski definition) is 2. The topological polar surface area (TPSA) is 40.5 Å². The van der Waals surface area contributed by atoms with Crippen LogP contribution in [0.15, 0.2) is 30.4 Å². The smallest absolute Gasteiger partial charge is 0.129 e. The van der Waals surface area contributed by atoms with Gasteiger partial charge in [-0.3, -0.25) is 0 Å². The molecule has 0 radical (unpaired) electrons. The Labute approximate surface area is 147 Å². The molecule has 134 valence electrons. The molecule has 0 aromatic heterocycles. The van der Waals surface area contributed by atoms with E-state index in [1.54, 1.807) is 19.1 Å². The second-order valence-corrected chi connectivity index (χ2v) is 6.55. The quantitative estimate of drug-likeness (QED) is 0.323. The number of unbranched alkanes of at least 4 members (excludes halogenated alkanes) is 9. The fourth-order valence-corrected chi connectivity index (χ4v) is 2.75. The molecule has 0 aliphatic carbocycles. The van der Waals surface area contributed by atoms with E-state index >= 15 is 0 Å². The van der Waals surface area contributed by atoms with Crippen molar-refractivity contribution in [2.45, 2.75) is 78.1 Å². The zero-order chi connectivity index (χ0) is 17.6. The van der Waals surface area contributed by atoms with Crippen LogP contribution in [0.1, 0.15) is 82.3 Å². The van der Waals surface area contributed by atoms with Crippen molar-refractivity contribution in [1.29, 1.82) is 0 Å². The van der Waals surface area contributed by atoms with Crippen molar-refractivity contribution in [3.05, 3.63) is 41.5 Å². The molecule has 1 rings (SSSR count). The fraction of sp³-hybridized carbons (Fsp3) is 0.545. The van der Waals surface area contributed by atoms with Gasteiger partial charge in [0.05, 0.1) is 0 Å². The lowest BCUT2D eigenvalue weighted by molar-refractivity contribution is 0.442. The van der Waals surface area contributed by atoms with Gasteiger partial charge in [-0.15, -0.1) is 0 Å². The molecule has 0 aliphatic rings. The van der Waals surface area contributed by atoms with Gasteiger partial charge in [0.2, 0.25) is 0 Å². The first-order chi connectivity index (χ1) is 11.7. The van der Waals surface area contributed by atoms with Gasteiger partial charge in [-0.25, -0.2) is 0 Å². The second kappa shape index (κ2) is 12.7. The fourth-order valence-electron chi connectivity index (χ4n) is 2.75. The average molecular weight is 331 g/mol. The summed E-state index contributed by atoms with van der Waals surface area (Å²) in [5, 5.41) is 19.4. The molecule has 2 N–H and O–H groups in total. The van der Waals surface area contributed by atoms with E-state index in [0.717, 1.165) is 12.0 Å². The highest BCUT2D eigenvalue weighted by Gasteiger charge is 2.04. The molecule has 24 heavy (non-hydrogen) atoms. The maximum Gasteiger partial charge on any atom is 0.129 e. The van der Waals surface area contributed by atoms with Gasteiger partial charge in [0.1, 0.15) is 11.5 Å². The van der Waals surface area contributed by atoms with Crippen LogP contribution in [0.2, 0.25) is 0 Å². The SMILES string of the molecule is CCCCCCCCCCCC=CC=Cc1ccc(O)c(C)c1O. The average Bonchev–Trinajstić information content (AvgIpc) is 2.58. The third kappa shape index (κ3) is 8.24. The van der Waals surface area contributed by atoms with Crippen LogP contribution >= 0.6 is 0 Å². The van der Waals surface area contributed by atoms with Crippen LogP contribution in [-0.2, 0) is 0 Å². The summed E-state index contributed by atoms with van der Waals surface area (Å²) in [6, 6.07) is 3.34. The summed E-state index contributed by atoms with van der Waals surface area (Å²) in [7, 11) is 0. The van der Waals surface area contributed by atoms with Crippen LogP contribution in [0.3, 0.4) is 0 Å². The number of rotatable bonds is 12. The van der Waals surface area contributed by atoms with Crippen molar-refractivity contribution in [2.75, 3.05) is 0 Å². The van der Waals surface area contributed by atoms with Crippen LogP contribution < -0.4 is 0 Å². The Balaban J connectivity index is 2.11. The second-order valence-electron chi connectivity index (χ2n) is 6.55. The third-order valence-corrected chi connectivity index (χ3v) is 4.43. The van der Waals surface area contributed by atoms with Crippen molar-refractivity contribution in [2.24, 2.45) is 0 Å². The number of hydrogen-bond donors (Lipinski definition) is 2. The number of phenols is 2. The Kier molecular flexibility index (Phi) is 10.8. The normalized spacial score (nSPS) is 11.8. The van der Waals surface area contributed by atoms with Gasteiger partial charge in [-0.2, -0.15) is 0 Å². The number of benzene rings is 1. The van der Waals surface area contributed by atoms with Gasteiger partial charge >= 0.3 is 0 Å². The van der Waals surface area contributed by atoms with Crippen molar-refractivity contribution in [3.63, 3.8) is 0 Å². The molecule has 2 nitrogen and oxygen atoms in total. The van der Waals surface area contributed by atoms with Crippen LogP contribution in [0.4, 0.5) is 0 Å². The van der Waals surface area contributed by atoms with E-state index in [1.807, 2.05) is 18.2 Å². The summed E-state index contributed by atoms with van der Waals surface area (Å²) in [5.74, 6) is 0.282. The van der Waals surface area contributed by atoms with E-state index in [9.17, 15) is 10.2 Å². The minimum Gasteiger partial charge on any atom is -0.508 e. The molecule has 0 bridgehead atoms. The molecule has 1 aromatic carbocycles. The summed E-state index contributed by atoms with van der Waals surface area (Å²) in [4.78, 5) is 0. The molecule has 1 aromatic rings. The van der Waals surface area contributed by atoms with Crippen LogP contribution in [-0.4, -0.2) is 10.2 Å². The highest BCUT2D eigenvalue weighted by molar-refractivity contribution is 5.62. The molecule has 0 atom stereocenters. The standard InChI is InChI=1S/C22H34O2/c1-3-4-5-6-7-8-9-10-11-12-13-14-15-16-20-17-18-21(23)19(2)22(20)24/h13-18,23-24H,3-12H2,1-2H3. The summed E-state index contributed by atoms with van der Waals surface area (Å²) < 4.78 is 0. The van der Waals surface area contributed by atoms with E-state index in [4.69, 9.17) is 0 Å². The number of aromatic hydroxyl groups is 2. The lowest BCUT2D eigenvalue weighted by atomic mass is 10.1. The van der Waals surface area contributed by atoms with Gasteiger partial charge in [-0.1, -0.05) is 82.6 Å². The first kappa shape index (κ1) is 20.3. The Morgan fingerprint density at radius 1 is 0.833 bits per heavy atom. The van der Waals surface area contributed by atoms with Gasteiger partial charge in [0, 0.05) is 11.1 Å². The lowest BCUT2D eigenvalue weighted by Gasteiger charge is -2.04. The van der Waals surface area contributed by atoms with Crippen molar-refractivity contribution in [3.8, 4) is 11.5 Å². The molecule has 0 spiro atoms. The first-order valence-corrected chi connectivity index (χ1v) is 9.51. The molecule has 2 heteroatoms. The van der Waals surface area contributed by atoms with Gasteiger partial charge < -0.3 is 10.2 Å². The van der Waals surface area contributed by atoms with Gasteiger partial charge in [-0.05, 0) is 31.9 Å². The van der Waals surface area contributed by atoms with E-state index < -0.39 is 0 Å². The molecule has 0 heterocycles. The van der Waals surface area contributed by atoms with E-state index in [0.29, 0.717) is 5.56 Å². The largest absolute Gasteiger partial charge is 0.508 e. The maximum absolute atomic E-state index is 9.93. The number of phenolic OH excluding ortho intramolecular Hbond substituents is 2. The summed E-state index contributed by atoms with van der Waals surface area (Å²) >= 11 is 0. The Hall–Kier alpha value is -1.70. The van der Waals surface area contributed by atoms with Crippen LogP contribution in [0.5, 0.6) is 11.5 Å². The highest BCUT2D eigenvalue weighted by atomic mass is 16.3. The van der Waals surface area contributed by atoms with Crippen LogP contribution in [0, 0.1) is 6.92 Å². The number of allylic oxidation sites excluding steroid dienone is 3. The minimum atomic E-state index is 0.130. The van der Waals surface area contributed by atoms with E-state index in [-0.39, 0.29) is 11.5 Å². The van der Waals surface area contributed by atoms with Crippen LogP contribution in [0.25, 0.3) is 6.08 Å². The zero-order valence-electron chi connectivity index (χ0n) is 15.4. The molecule has 0 saturated carbocycles. The molecular formula is C22H34O2. The van der Waals surface area contributed by atoms with Crippen molar-refractivity contribution >= 4 is 6.08 Å². The molecule has 0 aliphatic heterocycles. The highest BCUT2D eigenvalue weighted by Crippen LogP contribution is 2.30. The lowest BCUT2D eigenvalue weighted by Crippen LogP contribution is -1.81. The minimum absolute atomic E-state index is 0.130. The Morgan fingerprint density at radius 2 is 1.46 bits per heavy atom. The first-order valence-electron chi connectivity index (χ1n) is 9.51. The predicted molar refractivity (Wildman–Crippen MR) is 105 cm³/mol. The van der Waals surface area contributed by atoms with Gasteiger partial charge in [0.25, 0.3) is 0 Å². The summed E-state index contributed by atoms with van der Waals surface area (Å²) in [6.45, 7) is 3.97. The maximum atomic E-state index is 9.93. The van der Waals surface area contributed by atoms with Gasteiger partial charge in [0.15, 0.2) is 0 Å². The van der Waals surface area contributed by atoms with Crippen molar-refractivity contribution < 1.29 is 10.2 Å². The zero-order valence-corrected chi connectivity index (χ0v) is 15.4. The molecular weight excluding hydrogens is 296 g/mol. The molecule has 0 amide bonds. The molecule has 0 fully saturated rings. The third-order valence-electron chi connectivity index (χ3n) is 4.43. The predicted octanol–water partition coefficient (Wildman–Crippen LogP) is 6.90. The van der Waals surface area contributed by atoms with E-state index in [1.165, 1.54) is 57.8 Å². The Morgan fingerprint density at radius 3 is 2.12 bits per heavy atom. The molecule has 0 unspecified atom stereocenters. The summed E-state index contributed by atoms with van der Waals surface area (Å²) in [5.41, 5.74) is 1.26. The monoisotopic (exact) mass is 330 g/mol. The summed E-state index contributed by atoms with van der Waals surface area (Å²) in [6.07, 6.45) is 21.4. The molecule has 0 saturated heterocycles. The Bertz CT molecular complexity index is 515. The van der Waals surface area contributed by atoms with Crippen molar-refractivity contribution in [1.82, 2.24) is 0 Å².